The normalized spacial score (nSPS) is 11.8. The van der Waals surface area contributed by atoms with Crippen molar-refractivity contribution >= 4 is 5.91 Å². The number of carbonyl (C=O) groups excluding carboxylic acids is 1. The SMILES string of the molecule is CNCCC(=O)NCC(C)C#N. The van der Waals surface area contributed by atoms with Gasteiger partial charge in [0.15, 0.2) is 0 Å². The maximum absolute atomic E-state index is 11.0. The summed E-state index contributed by atoms with van der Waals surface area (Å²) in [6.45, 7) is 2.89. The number of nitrogens with one attached hydrogen (secondary N) is 2. The molecule has 0 heterocycles. The van der Waals surface area contributed by atoms with E-state index in [1.54, 1.807) is 14.0 Å². The second-order valence-electron chi connectivity index (χ2n) is 2.69. The van der Waals surface area contributed by atoms with Gasteiger partial charge in [-0.1, -0.05) is 0 Å². The highest BCUT2D eigenvalue weighted by Gasteiger charge is 2.02. The highest BCUT2D eigenvalue weighted by molar-refractivity contribution is 5.76. The zero-order valence-corrected chi connectivity index (χ0v) is 7.55. The van der Waals surface area contributed by atoms with Crippen LogP contribution in [0.4, 0.5) is 0 Å². The summed E-state index contributed by atoms with van der Waals surface area (Å²) in [6.07, 6.45) is 0.467. The van der Waals surface area contributed by atoms with Crippen molar-refractivity contribution < 1.29 is 4.79 Å². The zero-order valence-electron chi connectivity index (χ0n) is 7.55. The summed E-state index contributed by atoms with van der Waals surface area (Å²) in [6, 6.07) is 2.05. The molecule has 1 amide bonds. The smallest absolute Gasteiger partial charge is 0.221 e. The van der Waals surface area contributed by atoms with E-state index in [-0.39, 0.29) is 11.8 Å². The van der Waals surface area contributed by atoms with Crippen molar-refractivity contribution in [3.05, 3.63) is 0 Å². The molecule has 0 rings (SSSR count). The van der Waals surface area contributed by atoms with Gasteiger partial charge in [0, 0.05) is 19.5 Å². The van der Waals surface area contributed by atoms with Crippen molar-refractivity contribution in [2.75, 3.05) is 20.1 Å². The van der Waals surface area contributed by atoms with Crippen molar-refractivity contribution in [1.29, 1.82) is 5.26 Å². The van der Waals surface area contributed by atoms with Crippen LogP contribution < -0.4 is 10.6 Å². The number of amides is 1. The minimum absolute atomic E-state index is 0.00792. The minimum Gasteiger partial charge on any atom is -0.355 e. The van der Waals surface area contributed by atoms with Crippen LogP contribution in [0.15, 0.2) is 0 Å². The molecule has 0 aromatic heterocycles. The predicted octanol–water partition coefficient (Wildman–Crippen LogP) is -0.128. The van der Waals surface area contributed by atoms with Gasteiger partial charge in [-0.25, -0.2) is 0 Å². The Kier molecular flexibility index (Phi) is 6.02. The second-order valence-corrected chi connectivity index (χ2v) is 2.69. The molecule has 0 aliphatic rings. The van der Waals surface area contributed by atoms with Gasteiger partial charge in [0.2, 0.25) is 5.91 Å². The summed E-state index contributed by atoms with van der Waals surface area (Å²) >= 11 is 0. The number of carbonyl (C=O) groups is 1. The van der Waals surface area contributed by atoms with Gasteiger partial charge in [-0.15, -0.1) is 0 Å². The largest absolute Gasteiger partial charge is 0.355 e. The third kappa shape index (κ3) is 5.69. The van der Waals surface area contributed by atoms with E-state index < -0.39 is 0 Å². The summed E-state index contributed by atoms with van der Waals surface area (Å²) < 4.78 is 0. The first-order chi connectivity index (χ1) is 5.70. The number of hydrogen-bond donors (Lipinski definition) is 2. The van der Waals surface area contributed by atoms with Crippen LogP contribution in [0.25, 0.3) is 0 Å². The summed E-state index contributed by atoms with van der Waals surface area (Å²) in [7, 11) is 1.80. The summed E-state index contributed by atoms with van der Waals surface area (Å²) in [5, 5.41) is 14.0. The number of hydrogen-bond acceptors (Lipinski definition) is 3. The monoisotopic (exact) mass is 169 g/mol. The van der Waals surface area contributed by atoms with E-state index in [0.29, 0.717) is 19.5 Å². The zero-order chi connectivity index (χ0) is 9.40. The Morgan fingerprint density at radius 2 is 2.33 bits per heavy atom. The first-order valence-corrected chi connectivity index (χ1v) is 4.01. The lowest BCUT2D eigenvalue weighted by molar-refractivity contribution is -0.121. The van der Waals surface area contributed by atoms with Gasteiger partial charge in [-0.2, -0.15) is 5.26 Å². The average Bonchev–Trinajstić information content (AvgIpc) is 2.10. The first kappa shape index (κ1) is 10.9. The Morgan fingerprint density at radius 1 is 1.67 bits per heavy atom. The van der Waals surface area contributed by atoms with E-state index in [1.165, 1.54) is 0 Å². The Morgan fingerprint density at radius 3 is 2.83 bits per heavy atom. The number of nitrogens with zero attached hydrogens (tertiary/aromatic N) is 1. The molecule has 4 heteroatoms. The molecule has 12 heavy (non-hydrogen) atoms. The molecule has 0 fully saturated rings. The third-order valence-electron chi connectivity index (χ3n) is 1.43. The maximum atomic E-state index is 11.0. The third-order valence-corrected chi connectivity index (χ3v) is 1.43. The Hall–Kier alpha value is -1.08. The van der Waals surface area contributed by atoms with Gasteiger partial charge < -0.3 is 10.6 Å². The van der Waals surface area contributed by atoms with Crippen LogP contribution in [0.2, 0.25) is 0 Å². The van der Waals surface area contributed by atoms with Crippen LogP contribution in [-0.2, 0) is 4.79 Å². The molecule has 0 saturated carbocycles. The molecule has 1 unspecified atom stereocenters. The lowest BCUT2D eigenvalue weighted by atomic mass is 10.2. The van der Waals surface area contributed by atoms with Crippen molar-refractivity contribution in [1.82, 2.24) is 10.6 Å². The standard InChI is InChI=1S/C8H15N3O/c1-7(5-9)6-11-8(12)3-4-10-2/h7,10H,3-4,6H2,1-2H3,(H,11,12). The van der Waals surface area contributed by atoms with Gasteiger partial charge in [0.1, 0.15) is 0 Å². The molecular weight excluding hydrogens is 154 g/mol. The molecule has 0 aromatic carbocycles. The molecule has 0 saturated heterocycles. The molecule has 0 aliphatic heterocycles. The molecule has 0 bridgehead atoms. The van der Waals surface area contributed by atoms with Crippen molar-refractivity contribution in [2.24, 2.45) is 5.92 Å². The van der Waals surface area contributed by atoms with Gasteiger partial charge in [-0.05, 0) is 14.0 Å². The topological polar surface area (TPSA) is 64.9 Å². The molecule has 4 nitrogen and oxygen atoms in total. The molecule has 68 valence electrons. The van der Waals surface area contributed by atoms with E-state index in [9.17, 15) is 4.79 Å². The van der Waals surface area contributed by atoms with Crippen molar-refractivity contribution in [2.45, 2.75) is 13.3 Å². The number of nitriles is 1. The fourth-order valence-corrected chi connectivity index (χ4v) is 0.639. The van der Waals surface area contributed by atoms with Crippen LogP contribution in [0.1, 0.15) is 13.3 Å². The van der Waals surface area contributed by atoms with Gasteiger partial charge in [0.25, 0.3) is 0 Å². The summed E-state index contributed by atoms with van der Waals surface area (Å²) in [5.41, 5.74) is 0. The molecule has 0 spiro atoms. The summed E-state index contributed by atoms with van der Waals surface area (Å²) in [5.74, 6) is -0.116. The second kappa shape index (κ2) is 6.62. The molecule has 0 aromatic rings. The van der Waals surface area contributed by atoms with Crippen molar-refractivity contribution in [3.8, 4) is 6.07 Å². The fraction of sp³-hybridized carbons (Fsp3) is 0.750. The highest BCUT2D eigenvalue weighted by Crippen LogP contribution is 1.87. The Bertz CT molecular complexity index is 174. The Balaban J connectivity index is 3.39. The molecule has 0 aliphatic carbocycles. The lowest BCUT2D eigenvalue weighted by Gasteiger charge is -2.05. The first-order valence-electron chi connectivity index (χ1n) is 4.01. The van der Waals surface area contributed by atoms with Crippen LogP contribution in [0, 0.1) is 17.2 Å². The predicted molar refractivity (Wildman–Crippen MR) is 46.3 cm³/mol. The Labute approximate surface area is 72.9 Å². The number of rotatable bonds is 5. The van der Waals surface area contributed by atoms with E-state index in [4.69, 9.17) is 5.26 Å². The molecule has 0 radical (unpaired) electrons. The lowest BCUT2D eigenvalue weighted by Crippen LogP contribution is -2.29. The van der Waals surface area contributed by atoms with E-state index in [2.05, 4.69) is 10.6 Å². The van der Waals surface area contributed by atoms with E-state index in [0.717, 1.165) is 0 Å². The maximum Gasteiger partial charge on any atom is 0.221 e. The molecule has 2 N–H and O–H groups in total. The van der Waals surface area contributed by atoms with Gasteiger partial charge in [0.05, 0.1) is 12.0 Å². The van der Waals surface area contributed by atoms with Crippen molar-refractivity contribution in [3.63, 3.8) is 0 Å². The van der Waals surface area contributed by atoms with Gasteiger partial charge in [-0.3, -0.25) is 4.79 Å². The average molecular weight is 169 g/mol. The minimum atomic E-state index is -0.108. The highest BCUT2D eigenvalue weighted by atomic mass is 16.1. The quantitative estimate of drug-likeness (QED) is 0.602. The van der Waals surface area contributed by atoms with Crippen LogP contribution in [0.3, 0.4) is 0 Å². The summed E-state index contributed by atoms with van der Waals surface area (Å²) in [4.78, 5) is 11.0. The van der Waals surface area contributed by atoms with Gasteiger partial charge >= 0.3 is 0 Å². The van der Waals surface area contributed by atoms with E-state index in [1.807, 2.05) is 6.07 Å². The van der Waals surface area contributed by atoms with Crippen LogP contribution >= 0.6 is 0 Å². The van der Waals surface area contributed by atoms with Crippen LogP contribution in [0.5, 0.6) is 0 Å². The van der Waals surface area contributed by atoms with Crippen LogP contribution in [-0.4, -0.2) is 26.0 Å². The van der Waals surface area contributed by atoms with E-state index >= 15 is 0 Å². The molecule has 1 atom stereocenters. The molecular formula is C8H15N3O. The fourth-order valence-electron chi connectivity index (χ4n) is 0.639.